The van der Waals surface area contributed by atoms with Crippen LogP contribution in [-0.4, -0.2) is 4.57 Å². The highest BCUT2D eigenvalue weighted by Crippen LogP contribution is 2.61. The number of nitrogens with zero attached hydrogens (tertiary/aromatic N) is 1. The molecule has 0 N–H and O–H groups in total. The highest BCUT2D eigenvalue weighted by Gasteiger charge is 2.50. The van der Waals surface area contributed by atoms with Gasteiger partial charge in [0.05, 0.1) is 22.1 Å². The van der Waals surface area contributed by atoms with E-state index in [1.54, 1.807) is 0 Å². The molecule has 0 saturated carbocycles. The summed E-state index contributed by atoms with van der Waals surface area (Å²) in [6.07, 6.45) is 0. The van der Waals surface area contributed by atoms with Crippen molar-refractivity contribution >= 4 is 53.3 Å². The molecule has 0 saturated heterocycles. The summed E-state index contributed by atoms with van der Waals surface area (Å²) in [5.41, 5.74) is 14.1. The van der Waals surface area contributed by atoms with Gasteiger partial charge in [0, 0.05) is 30.9 Å². The number of rotatable bonds is 1. The molecule has 1 aliphatic heterocycles. The lowest BCUT2D eigenvalue weighted by Crippen LogP contribution is -2.33. The van der Waals surface area contributed by atoms with Crippen LogP contribution in [0.4, 0.5) is 0 Å². The van der Waals surface area contributed by atoms with Gasteiger partial charge in [-0.3, -0.25) is 0 Å². The van der Waals surface area contributed by atoms with Gasteiger partial charge >= 0.3 is 0 Å². The summed E-state index contributed by atoms with van der Waals surface area (Å²) < 4.78 is 5.22. The third-order valence-corrected chi connectivity index (χ3v) is 11.6. The number of thiophene rings is 1. The molecule has 2 aliphatic rings. The van der Waals surface area contributed by atoms with Gasteiger partial charge in [-0.15, -0.1) is 11.3 Å². The molecule has 0 atom stereocenters. The molecular weight excluding hydrogens is 563 g/mol. The Morgan fingerprint density at radius 2 is 1.07 bits per heavy atom. The molecular formula is C43H25NS. The average molecular weight is 588 g/mol. The molecule has 3 heterocycles. The Labute approximate surface area is 264 Å². The second-order valence-electron chi connectivity index (χ2n) is 12.4. The summed E-state index contributed by atoms with van der Waals surface area (Å²) in [4.78, 5) is 0. The van der Waals surface area contributed by atoms with Crippen molar-refractivity contribution in [3.05, 3.63) is 174 Å². The van der Waals surface area contributed by atoms with E-state index < -0.39 is 5.41 Å². The normalized spacial score (nSPS) is 14.0. The predicted octanol–water partition coefficient (Wildman–Crippen LogP) is 11.5. The summed E-state index contributed by atoms with van der Waals surface area (Å²) in [6, 6.07) is 56.9. The van der Waals surface area contributed by atoms with Crippen LogP contribution in [0.5, 0.6) is 0 Å². The highest BCUT2D eigenvalue weighted by molar-refractivity contribution is 7.26. The molecule has 1 spiro atoms. The van der Waals surface area contributed by atoms with Crippen LogP contribution in [0.3, 0.4) is 0 Å². The van der Waals surface area contributed by atoms with E-state index in [9.17, 15) is 0 Å². The Kier molecular flexibility index (Phi) is 4.46. The first-order valence-electron chi connectivity index (χ1n) is 15.6. The molecule has 1 aliphatic carbocycles. The standard InChI is InChI=1S/C43H25NS/c1-5-18-34-28(12-1)29-13-2-6-19-35(29)43(34)36-20-7-9-22-39(36)44-38-21-8-3-14-30(38)33-24-26(25-37(43)41(33)44)27-16-11-17-32-31-15-4-10-23-40(31)45-42(27)32/h1-25H. The second kappa shape index (κ2) is 8.38. The zero-order chi connectivity index (χ0) is 29.3. The van der Waals surface area contributed by atoms with Crippen molar-refractivity contribution in [3.63, 3.8) is 0 Å². The lowest BCUT2D eigenvalue weighted by atomic mass is 9.65. The predicted molar refractivity (Wildman–Crippen MR) is 190 cm³/mol. The minimum atomic E-state index is -0.434. The van der Waals surface area contributed by atoms with E-state index >= 15 is 0 Å². The first-order valence-corrected chi connectivity index (χ1v) is 16.4. The van der Waals surface area contributed by atoms with Crippen molar-refractivity contribution in [1.29, 1.82) is 0 Å². The third-order valence-electron chi connectivity index (χ3n) is 10.4. The van der Waals surface area contributed by atoms with Crippen LogP contribution in [-0.2, 0) is 5.41 Å². The maximum absolute atomic E-state index is 2.54. The van der Waals surface area contributed by atoms with E-state index in [0.717, 1.165) is 0 Å². The van der Waals surface area contributed by atoms with Crippen LogP contribution in [0.2, 0.25) is 0 Å². The number of fused-ring (bicyclic) bond motifs is 15. The molecule has 0 bridgehead atoms. The molecule has 0 amide bonds. The van der Waals surface area contributed by atoms with Crippen LogP contribution in [0.1, 0.15) is 22.3 Å². The smallest absolute Gasteiger partial charge is 0.0754 e. The number of hydrogen-bond donors (Lipinski definition) is 0. The van der Waals surface area contributed by atoms with Crippen LogP contribution in [0.15, 0.2) is 152 Å². The summed E-state index contributed by atoms with van der Waals surface area (Å²) >= 11 is 1.91. The summed E-state index contributed by atoms with van der Waals surface area (Å²) in [5, 5.41) is 5.28. The molecule has 0 fully saturated rings. The van der Waals surface area contributed by atoms with Crippen LogP contribution in [0.25, 0.3) is 69.9 Å². The zero-order valence-electron chi connectivity index (χ0n) is 24.3. The van der Waals surface area contributed by atoms with E-state index in [0.29, 0.717) is 0 Å². The van der Waals surface area contributed by atoms with Crippen molar-refractivity contribution in [2.75, 3.05) is 0 Å². The van der Waals surface area contributed by atoms with Gasteiger partial charge in [-0.05, 0) is 74.8 Å². The minimum absolute atomic E-state index is 0.434. The molecule has 0 unspecified atom stereocenters. The molecule has 7 aromatic carbocycles. The first kappa shape index (κ1) is 23.9. The minimum Gasteiger partial charge on any atom is -0.309 e. The van der Waals surface area contributed by atoms with Gasteiger partial charge in [0.2, 0.25) is 0 Å². The fraction of sp³-hybridized carbons (Fsp3) is 0.0233. The third kappa shape index (κ3) is 2.80. The highest BCUT2D eigenvalue weighted by atomic mass is 32.1. The maximum Gasteiger partial charge on any atom is 0.0754 e. The average Bonchev–Trinajstić information content (AvgIpc) is 3.75. The van der Waals surface area contributed by atoms with E-state index in [2.05, 4.69) is 156 Å². The molecule has 2 heteroatoms. The van der Waals surface area contributed by atoms with Crippen molar-refractivity contribution in [3.8, 4) is 27.9 Å². The largest absolute Gasteiger partial charge is 0.309 e. The fourth-order valence-electron chi connectivity index (χ4n) is 8.71. The Hall–Kier alpha value is -5.44. The molecule has 11 rings (SSSR count). The quantitative estimate of drug-likeness (QED) is 0.180. The maximum atomic E-state index is 2.54. The fourth-order valence-corrected chi connectivity index (χ4v) is 9.95. The monoisotopic (exact) mass is 587 g/mol. The Morgan fingerprint density at radius 3 is 1.89 bits per heavy atom. The summed E-state index contributed by atoms with van der Waals surface area (Å²) in [5.74, 6) is 0. The number of aromatic nitrogens is 1. The lowest BCUT2D eigenvalue weighted by molar-refractivity contribution is 0.749. The Balaban J connectivity index is 1.38. The van der Waals surface area contributed by atoms with Crippen LogP contribution >= 0.6 is 11.3 Å². The molecule has 2 aromatic heterocycles. The van der Waals surface area contributed by atoms with Crippen LogP contribution in [0, 0.1) is 0 Å². The number of benzene rings is 7. The van der Waals surface area contributed by atoms with E-state index in [-0.39, 0.29) is 0 Å². The SMILES string of the molecule is c1ccc2c(c1)-c1ccccc1C21c2ccccc2-n2c3ccccc3c3cc(-c4cccc5c4sc4ccccc45)cc1c32. The molecule has 45 heavy (non-hydrogen) atoms. The summed E-state index contributed by atoms with van der Waals surface area (Å²) in [6.45, 7) is 0. The van der Waals surface area contributed by atoms with Crippen molar-refractivity contribution in [2.45, 2.75) is 5.41 Å². The van der Waals surface area contributed by atoms with Gasteiger partial charge in [-0.2, -0.15) is 0 Å². The number of hydrogen-bond acceptors (Lipinski definition) is 1. The molecule has 0 radical (unpaired) electrons. The van der Waals surface area contributed by atoms with Crippen molar-refractivity contribution < 1.29 is 0 Å². The Bertz CT molecular complexity index is 2670. The van der Waals surface area contributed by atoms with Gasteiger partial charge in [-0.1, -0.05) is 121 Å². The van der Waals surface area contributed by atoms with Gasteiger partial charge in [-0.25, -0.2) is 0 Å². The van der Waals surface area contributed by atoms with Crippen molar-refractivity contribution in [1.82, 2.24) is 4.57 Å². The Morgan fingerprint density at radius 1 is 0.444 bits per heavy atom. The van der Waals surface area contributed by atoms with E-state index in [1.165, 1.54) is 92.2 Å². The first-order chi connectivity index (χ1) is 22.3. The summed E-state index contributed by atoms with van der Waals surface area (Å²) in [7, 11) is 0. The lowest BCUT2D eigenvalue weighted by Gasteiger charge is -2.39. The topological polar surface area (TPSA) is 4.93 Å². The molecule has 9 aromatic rings. The van der Waals surface area contributed by atoms with E-state index in [1.807, 2.05) is 11.3 Å². The van der Waals surface area contributed by atoms with Gasteiger partial charge < -0.3 is 4.57 Å². The van der Waals surface area contributed by atoms with Gasteiger partial charge in [0.25, 0.3) is 0 Å². The van der Waals surface area contributed by atoms with Gasteiger partial charge in [0.15, 0.2) is 0 Å². The molecule has 208 valence electrons. The number of para-hydroxylation sites is 2. The zero-order valence-corrected chi connectivity index (χ0v) is 25.1. The van der Waals surface area contributed by atoms with E-state index in [4.69, 9.17) is 0 Å². The van der Waals surface area contributed by atoms with Crippen LogP contribution < -0.4 is 0 Å². The van der Waals surface area contributed by atoms with Crippen molar-refractivity contribution in [2.24, 2.45) is 0 Å². The second-order valence-corrected chi connectivity index (χ2v) is 13.5. The molecule has 1 nitrogen and oxygen atoms in total. The van der Waals surface area contributed by atoms with Gasteiger partial charge in [0.1, 0.15) is 0 Å².